The van der Waals surface area contributed by atoms with Gasteiger partial charge in [0.05, 0.1) is 11.6 Å². The maximum absolute atomic E-state index is 12.5. The zero-order chi connectivity index (χ0) is 22.2. The number of nitrogens with zero attached hydrogens (tertiary/aromatic N) is 1. The molecule has 1 aliphatic carbocycles. The number of nitriles is 1. The molecule has 0 atom stereocenters. The summed E-state index contributed by atoms with van der Waals surface area (Å²) in [5.41, 5.74) is 1.66. The molecule has 1 aliphatic rings. The van der Waals surface area contributed by atoms with Gasteiger partial charge in [-0.2, -0.15) is 5.26 Å². The normalized spacial score (nSPS) is 14.2. The molecule has 5 nitrogen and oxygen atoms in total. The van der Waals surface area contributed by atoms with Crippen molar-refractivity contribution in [1.82, 2.24) is 5.32 Å². The average Bonchev–Trinajstić information content (AvgIpc) is 3.26. The minimum atomic E-state index is -0.359. The number of carbonyl (C=O) groups is 1. The molecule has 0 spiro atoms. The summed E-state index contributed by atoms with van der Waals surface area (Å²) in [6.45, 7) is 2.64. The van der Waals surface area contributed by atoms with Crippen molar-refractivity contribution >= 4 is 46.2 Å². The van der Waals surface area contributed by atoms with Crippen LogP contribution in [-0.2, 0) is 11.4 Å². The molecular weight excluding hydrogens is 527 g/mol. The highest BCUT2D eigenvalue weighted by Gasteiger charge is 2.20. The predicted octanol–water partition coefficient (Wildman–Crippen LogP) is 5.89. The molecule has 0 radical (unpaired) electrons. The lowest BCUT2D eigenvalue weighted by Crippen LogP contribution is -2.33. The lowest BCUT2D eigenvalue weighted by atomic mass is 10.1. The summed E-state index contributed by atoms with van der Waals surface area (Å²) in [6, 6.07) is 13.6. The number of rotatable bonds is 8. The van der Waals surface area contributed by atoms with Crippen molar-refractivity contribution in [3.8, 4) is 17.6 Å². The van der Waals surface area contributed by atoms with Crippen LogP contribution in [0.1, 0.15) is 43.7 Å². The van der Waals surface area contributed by atoms with E-state index in [1.54, 1.807) is 12.1 Å². The van der Waals surface area contributed by atoms with Gasteiger partial charge in [0.15, 0.2) is 11.5 Å². The molecule has 2 aromatic rings. The summed E-state index contributed by atoms with van der Waals surface area (Å²) >= 11 is 8.74. The molecule has 1 saturated carbocycles. The van der Waals surface area contributed by atoms with Crippen molar-refractivity contribution in [2.45, 2.75) is 45.3 Å². The molecule has 1 amide bonds. The fraction of sp³-hybridized carbons (Fsp3) is 0.333. The first-order chi connectivity index (χ1) is 15.0. The average molecular weight is 551 g/mol. The van der Waals surface area contributed by atoms with Crippen molar-refractivity contribution in [2.24, 2.45) is 0 Å². The van der Waals surface area contributed by atoms with Crippen molar-refractivity contribution < 1.29 is 14.3 Å². The summed E-state index contributed by atoms with van der Waals surface area (Å²) in [5, 5.41) is 12.8. The number of nitrogens with one attached hydrogen (secondary N) is 1. The number of ether oxygens (including phenoxy) is 2. The van der Waals surface area contributed by atoms with Crippen molar-refractivity contribution in [2.75, 3.05) is 6.61 Å². The van der Waals surface area contributed by atoms with E-state index in [1.807, 2.05) is 37.3 Å². The second-order valence-corrected chi connectivity index (χ2v) is 8.96. The maximum atomic E-state index is 12.5. The Morgan fingerprint density at radius 1 is 1.26 bits per heavy atom. The van der Waals surface area contributed by atoms with Crippen molar-refractivity contribution in [3.63, 3.8) is 0 Å². The van der Waals surface area contributed by atoms with Crippen LogP contribution in [0.2, 0.25) is 5.02 Å². The Kier molecular flexibility index (Phi) is 8.61. The van der Waals surface area contributed by atoms with Crippen LogP contribution >= 0.6 is 34.2 Å². The monoisotopic (exact) mass is 550 g/mol. The van der Waals surface area contributed by atoms with Gasteiger partial charge in [-0.25, -0.2) is 0 Å². The molecule has 0 heterocycles. The quantitative estimate of drug-likeness (QED) is 0.253. The Labute approximate surface area is 201 Å². The van der Waals surface area contributed by atoms with Gasteiger partial charge in [-0.05, 0) is 83.8 Å². The minimum Gasteiger partial charge on any atom is -0.490 e. The maximum Gasteiger partial charge on any atom is 0.262 e. The van der Waals surface area contributed by atoms with E-state index in [0.29, 0.717) is 35.3 Å². The SMILES string of the molecule is CCOc1cc(/C=C(/C#N)C(=O)NC2CCCC2)cc(Cl)c1OCc1ccc(I)cc1. The van der Waals surface area contributed by atoms with Gasteiger partial charge in [-0.15, -0.1) is 0 Å². The number of halogens is 2. The summed E-state index contributed by atoms with van der Waals surface area (Å²) in [6.07, 6.45) is 5.65. The summed E-state index contributed by atoms with van der Waals surface area (Å²) in [5.74, 6) is 0.552. The van der Waals surface area contributed by atoms with Gasteiger partial charge in [0.1, 0.15) is 18.2 Å². The number of amides is 1. The minimum absolute atomic E-state index is 0.0398. The molecule has 3 rings (SSSR count). The van der Waals surface area contributed by atoms with Gasteiger partial charge in [0, 0.05) is 9.61 Å². The molecule has 0 saturated heterocycles. The van der Waals surface area contributed by atoms with Crippen molar-refractivity contribution in [3.05, 3.63) is 61.7 Å². The molecular formula is C24H24ClIN2O3. The molecule has 2 aromatic carbocycles. The molecule has 0 aliphatic heterocycles. The number of benzene rings is 2. The molecule has 162 valence electrons. The van der Waals surface area contributed by atoms with Gasteiger partial charge in [0.2, 0.25) is 0 Å². The van der Waals surface area contributed by atoms with Gasteiger partial charge in [-0.3, -0.25) is 4.79 Å². The zero-order valence-corrected chi connectivity index (χ0v) is 20.2. The van der Waals surface area contributed by atoms with Crippen LogP contribution in [0, 0.1) is 14.9 Å². The molecule has 31 heavy (non-hydrogen) atoms. The first kappa shape index (κ1) is 23.4. The first-order valence-electron chi connectivity index (χ1n) is 10.3. The number of carbonyl (C=O) groups excluding carboxylic acids is 1. The fourth-order valence-electron chi connectivity index (χ4n) is 3.46. The van der Waals surface area contributed by atoms with Gasteiger partial charge in [-0.1, -0.05) is 36.6 Å². The van der Waals surface area contributed by atoms with Gasteiger partial charge >= 0.3 is 0 Å². The summed E-state index contributed by atoms with van der Waals surface area (Å²) in [7, 11) is 0. The highest BCUT2D eigenvalue weighted by atomic mass is 127. The summed E-state index contributed by atoms with van der Waals surface area (Å²) in [4.78, 5) is 12.5. The fourth-order valence-corrected chi connectivity index (χ4v) is 4.09. The van der Waals surface area contributed by atoms with Crippen LogP contribution in [-0.4, -0.2) is 18.6 Å². The summed E-state index contributed by atoms with van der Waals surface area (Å²) < 4.78 is 12.8. The van der Waals surface area contributed by atoms with Crippen LogP contribution in [0.4, 0.5) is 0 Å². The lowest BCUT2D eigenvalue weighted by molar-refractivity contribution is -0.117. The number of hydrogen-bond acceptors (Lipinski definition) is 4. The van der Waals surface area contributed by atoms with Gasteiger partial charge in [0.25, 0.3) is 5.91 Å². The highest BCUT2D eigenvalue weighted by molar-refractivity contribution is 14.1. The lowest BCUT2D eigenvalue weighted by Gasteiger charge is -2.15. The van der Waals surface area contributed by atoms with E-state index in [1.165, 1.54) is 6.08 Å². The Hall–Kier alpha value is -2.24. The van der Waals surface area contributed by atoms with Crippen LogP contribution in [0.15, 0.2) is 42.0 Å². The highest BCUT2D eigenvalue weighted by Crippen LogP contribution is 2.38. The third-order valence-corrected chi connectivity index (χ3v) is 5.99. The number of hydrogen-bond donors (Lipinski definition) is 1. The van der Waals surface area contributed by atoms with E-state index in [2.05, 4.69) is 27.9 Å². The third-order valence-electron chi connectivity index (χ3n) is 4.99. The molecule has 0 aromatic heterocycles. The molecule has 7 heteroatoms. The molecule has 0 bridgehead atoms. The molecule has 0 unspecified atom stereocenters. The Balaban J connectivity index is 1.80. The third kappa shape index (κ3) is 6.62. The Morgan fingerprint density at radius 2 is 1.97 bits per heavy atom. The molecule has 1 N–H and O–H groups in total. The smallest absolute Gasteiger partial charge is 0.262 e. The van der Waals surface area contributed by atoms with E-state index < -0.39 is 0 Å². The van der Waals surface area contributed by atoms with Crippen LogP contribution in [0.5, 0.6) is 11.5 Å². The molecule has 1 fully saturated rings. The van der Waals surface area contributed by atoms with E-state index in [-0.39, 0.29) is 17.5 Å². The van der Waals surface area contributed by atoms with Crippen LogP contribution in [0.3, 0.4) is 0 Å². The second-order valence-electron chi connectivity index (χ2n) is 7.30. The van der Waals surface area contributed by atoms with Crippen molar-refractivity contribution in [1.29, 1.82) is 5.26 Å². The second kappa shape index (κ2) is 11.4. The first-order valence-corrected chi connectivity index (χ1v) is 11.7. The zero-order valence-electron chi connectivity index (χ0n) is 17.3. The van der Waals surface area contributed by atoms with E-state index in [0.717, 1.165) is 34.8 Å². The van der Waals surface area contributed by atoms with E-state index in [4.69, 9.17) is 21.1 Å². The van der Waals surface area contributed by atoms with E-state index in [9.17, 15) is 10.1 Å². The van der Waals surface area contributed by atoms with Crippen LogP contribution < -0.4 is 14.8 Å². The Morgan fingerprint density at radius 3 is 2.61 bits per heavy atom. The standard InChI is InChI=1S/C24H24ClIN2O3/c1-2-30-22-13-17(11-18(14-27)24(29)28-20-5-3-4-6-20)12-21(25)23(22)31-15-16-7-9-19(26)10-8-16/h7-13,20H,2-6,15H2,1H3,(H,28,29)/b18-11-. The van der Waals surface area contributed by atoms with E-state index >= 15 is 0 Å². The van der Waals surface area contributed by atoms with Gasteiger partial charge < -0.3 is 14.8 Å². The predicted molar refractivity (Wildman–Crippen MR) is 130 cm³/mol. The Bertz CT molecular complexity index is 993. The largest absolute Gasteiger partial charge is 0.490 e. The topological polar surface area (TPSA) is 71.3 Å². The van der Waals surface area contributed by atoms with Crippen LogP contribution in [0.25, 0.3) is 6.08 Å².